The van der Waals surface area contributed by atoms with Crippen LogP contribution in [0.2, 0.25) is 0 Å². The van der Waals surface area contributed by atoms with Gasteiger partial charge in [-0.25, -0.2) is 0 Å². The Balaban J connectivity index is 2.78. The quantitative estimate of drug-likeness (QED) is 0.611. The van der Waals surface area contributed by atoms with Crippen molar-refractivity contribution in [3.63, 3.8) is 0 Å². The lowest BCUT2D eigenvalue weighted by Crippen LogP contribution is -1.99. The highest BCUT2D eigenvalue weighted by molar-refractivity contribution is 9.10. The van der Waals surface area contributed by atoms with Crippen LogP contribution in [0.3, 0.4) is 0 Å². The highest BCUT2D eigenvalue weighted by Gasteiger charge is 2.08. The maximum atomic E-state index is 11.6. The number of rotatable bonds is 5. The van der Waals surface area contributed by atoms with Gasteiger partial charge in [0.1, 0.15) is 5.75 Å². The SMILES string of the molecule is COc1ccc(C(=O)CCCCl)cc1Br. The van der Waals surface area contributed by atoms with E-state index in [4.69, 9.17) is 16.3 Å². The summed E-state index contributed by atoms with van der Waals surface area (Å²) in [4.78, 5) is 11.6. The van der Waals surface area contributed by atoms with E-state index in [-0.39, 0.29) is 5.78 Å². The van der Waals surface area contributed by atoms with Crippen molar-refractivity contribution in [2.45, 2.75) is 12.8 Å². The van der Waals surface area contributed by atoms with Crippen LogP contribution >= 0.6 is 27.5 Å². The number of ketones is 1. The third-order valence-electron chi connectivity index (χ3n) is 2.01. The summed E-state index contributed by atoms with van der Waals surface area (Å²) in [6.07, 6.45) is 1.20. The lowest BCUT2D eigenvalue weighted by molar-refractivity contribution is 0.0982. The molecule has 0 unspecified atom stereocenters. The second kappa shape index (κ2) is 6.13. The average molecular weight is 292 g/mol. The van der Waals surface area contributed by atoms with Gasteiger partial charge in [-0.1, -0.05) is 0 Å². The first-order valence-corrected chi connectivity index (χ1v) is 5.94. The molecule has 0 saturated heterocycles. The van der Waals surface area contributed by atoms with Gasteiger partial charge in [0.2, 0.25) is 0 Å². The molecule has 0 radical (unpaired) electrons. The fourth-order valence-corrected chi connectivity index (χ4v) is 1.89. The van der Waals surface area contributed by atoms with Gasteiger partial charge in [0.25, 0.3) is 0 Å². The fraction of sp³-hybridized carbons (Fsp3) is 0.364. The Bertz CT molecular complexity index is 352. The molecule has 82 valence electrons. The minimum atomic E-state index is 0.110. The van der Waals surface area contributed by atoms with Gasteiger partial charge in [-0.3, -0.25) is 4.79 Å². The molecule has 0 amide bonds. The number of hydrogen-bond donors (Lipinski definition) is 0. The van der Waals surface area contributed by atoms with Crippen LogP contribution in [0, 0.1) is 0 Å². The number of hydrogen-bond acceptors (Lipinski definition) is 2. The van der Waals surface area contributed by atoms with Gasteiger partial charge in [-0.05, 0) is 40.5 Å². The molecule has 1 aromatic carbocycles. The van der Waals surface area contributed by atoms with Gasteiger partial charge in [0.15, 0.2) is 5.78 Å². The third-order valence-corrected chi connectivity index (χ3v) is 2.90. The van der Waals surface area contributed by atoms with Gasteiger partial charge in [-0.15, -0.1) is 11.6 Å². The van der Waals surface area contributed by atoms with Crippen molar-refractivity contribution in [3.8, 4) is 5.75 Å². The number of carbonyl (C=O) groups is 1. The predicted octanol–water partition coefficient (Wildman–Crippen LogP) is 3.66. The van der Waals surface area contributed by atoms with Gasteiger partial charge in [0.05, 0.1) is 11.6 Å². The summed E-state index contributed by atoms with van der Waals surface area (Å²) in [5.74, 6) is 1.35. The molecule has 0 heterocycles. The third kappa shape index (κ3) is 3.50. The molecule has 0 N–H and O–H groups in total. The Morgan fingerprint density at radius 3 is 2.80 bits per heavy atom. The normalized spacial score (nSPS) is 10.1. The van der Waals surface area contributed by atoms with Crippen LogP contribution in [0.25, 0.3) is 0 Å². The predicted molar refractivity (Wildman–Crippen MR) is 65.0 cm³/mol. The first-order valence-electron chi connectivity index (χ1n) is 4.61. The molecule has 0 bridgehead atoms. The number of alkyl halides is 1. The Labute approximate surface area is 103 Å². The first kappa shape index (κ1) is 12.5. The molecule has 0 spiro atoms. The molecule has 2 nitrogen and oxygen atoms in total. The number of methoxy groups -OCH3 is 1. The molecule has 0 aromatic heterocycles. The highest BCUT2D eigenvalue weighted by atomic mass is 79.9. The van der Waals surface area contributed by atoms with Crippen molar-refractivity contribution in [1.82, 2.24) is 0 Å². The summed E-state index contributed by atoms with van der Waals surface area (Å²) in [5, 5.41) is 0. The van der Waals surface area contributed by atoms with Crippen LogP contribution in [-0.2, 0) is 0 Å². The van der Waals surface area contributed by atoms with Gasteiger partial charge in [-0.2, -0.15) is 0 Å². The van der Waals surface area contributed by atoms with Crippen LogP contribution in [0.15, 0.2) is 22.7 Å². The minimum absolute atomic E-state index is 0.110. The van der Waals surface area contributed by atoms with Crippen molar-refractivity contribution in [2.24, 2.45) is 0 Å². The molecule has 0 atom stereocenters. The van der Waals surface area contributed by atoms with Gasteiger partial charge in [0, 0.05) is 17.9 Å². The molecule has 1 aromatic rings. The zero-order valence-corrected chi connectivity index (χ0v) is 10.8. The van der Waals surface area contributed by atoms with Gasteiger partial charge < -0.3 is 4.74 Å². The summed E-state index contributed by atoms with van der Waals surface area (Å²) in [6, 6.07) is 5.31. The number of ether oxygens (including phenoxy) is 1. The van der Waals surface area contributed by atoms with Crippen molar-refractivity contribution in [3.05, 3.63) is 28.2 Å². The molecule has 0 aliphatic heterocycles. The van der Waals surface area contributed by atoms with Crippen molar-refractivity contribution in [2.75, 3.05) is 13.0 Å². The average Bonchev–Trinajstić information content (AvgIpc) is 2.25. The van der Waals surface area contributed by atoms with E-state index in [1.165, 1.54) is 0 Å². The number of Topliss-reactive ketones (excluding diaryl/α,β-unsaturated/α-hetero) is 1. The molecule has 1 rings (SSSR count). The molecular formula is C11H12BrClO2. The summed E-state index contributed by atoms with van der Waals surface area (Å²) in [7, 11) is 1.59. The van der Waals surface area contributed by atoms with E-state index >= 15 is 0 Å². The summed E-state index contributed by atoms with van der Waals surface area (Å²) in [5.41, 5.74) is 0.688. The maximum absolute atomic E-state index is 11.6. The van der Waals surface area contributed by atoms with Crippen LogP contribution in [-0.4, -0.2) is 18.8 Å². The Morgan fingerprint density at radius 2 is 2.27 bits per heavy atom. The van der Waals surface area contributed by atoms with E-state index in [1.54, 1.807) is 25.3 Å². The topological polar surface area (TPSA) is 26.3 Å². The second-order valence-corrected chi connectivity index (χ2v) is 4.30. The van der Waals surface area contributed by atoms with Crippen LogP contribution < -0.4 is 4.74 Å². The van der Waals surface area contributed by atoms with E-state index in [0.29, 0.717) is 24.3 Å². The standard InChI is InChI=1S/C11H12BrClO2/c1-15-11-5-4-8(7-9(11)12)10(14)3-2-6-13/h4-5,7H,2-3,6H2,1H3. The summed E-state index contributed by atoms with van der Waals surface area (Å²) < 4.78 is 5.87. The lowest BCUT2D eigenvalue weighted by atomic mass is 10.1. The minimum Gasteiger partial charge on any atom is -0.496 e. The summed E-state index contributed by atoms with van der Waals surface area (Å²) >= 11 is 8.87. The van der Waals surface area contributed by atoms with E-state index in [0.717, 1.165) is 10.2 Å². The van der Waals surface area contributed by atoms with E-state index < -0.39 is 0 Å². The van der Waals surface area contributed by atoms with E-state index in [9.17, 15) is 4.79 Å². The van der Waals surface area contributed by atoms with Crippen molar-refractivity contribution >= 4 is 33.3 Å². The number of halogens is 2. The monoisotopic (exact) mass is 290 g/mol. The Morgan fingerprint density at radius 1 is 1.53 bits per heavy atom. The number of carbonyl (C=O) groups excluding carboxylic acids is 1. The van der Waals surface area contributed by atoms with Gasteiger partial charge >= 0.3 is 0 Å². The van der Waals surface area contributed by atoms with Crippen LogP contribution in [0.4, 0.5) is 0 Å². The maximum Gasteiger partial charge on any atom is 0.162 e. The molecule has 0 aliphatic carbocycles. The molecule has 4 heteroatoms. The second-order valence-electron chi connectivity index (χ2n) is 3.07. The molecule has 0 fully saturated rings. The fourth-order valence-electron chi connectivity index (χ4n) is 1.21. The van der Waals surface area contributed by atoms with Crippen molar-refractivity contribution < 1.29 is 9.53 Å². The summed E-state index contributed by atoms with van der Waals surface area (Å²) in [6.45, 7) is 0. The highest BCUT2D eigenvalue weighted by Crippen LogP contribution is 2.26. The van der Waals surface area contributed by atoms with Crippen LogP contribution in [0.5, 0.6) is 5.75 Å². The largest absolute Gasteiger partial charge is 0.496 e. The van der Waals surface area contributed by atoms with E-state index in [1.807, 2.05) is 0 Å². The Hall–Kier alpha value is -0.540. The smallest absolute Gasteiger partial charge is 0.162 e. The van der Waals surface area contributed by atoms with Crippen molar-refractivity contribution in [1.29, 1.82) is 0 Å². The lowest BCUT2D eigenvalue weighted by Gasteiger charge is -2.05. The molecule has 15 heavy (non-hydrogen) atoms. The Kier molecular flexibility index (Phi) is 5.12. The first-order chi connectivity index (χ1) is 7.19. The molecule has 0 saturated carbocycles. The zero-order valence-electron chi connectivity index (χ0n) is 8.43. The van der Waals surface area contributed by atoms with Crippen LogP contribution in [0.1, 0.15) is 23.2 Å². The molecular weight excluding hydrogens is 279 g/mol. The molecule has 0 aliphatic rings. The van der Waals surface area contributed by atoms with E-state index in [2.05, 4.69) is 15.9 Å². The zero-order chi connectivity index (χ0) is 11.3. The number of benzene rings is 1.